The summed E-state index contributed by atoms with van der Waals surface area (Å²) in [6.45, 7) is 8.25. The van der Waals surface area contributed by atoms with E-state index in [0.717, 1.165) is 16.8 Å². The Bertz CT molecular complexity index is 799. The Morgan fingerprint density at radius 3 is 2.35 bits per heavy atom. The van der Waals surface area contributed by atoms with Crippen molar-refractivity contribution < 1.29 is 1.43 Å². The highest BCUT2D eigenvalue weighted by molar-refractivity contribution is 5.81. The quantitative estimate of drug-likeness (QED) is 0.738. The van der Waals surface area contributed by atoms with Crippen molar-refractivity contribution in [3.05, 3.63) is 40.8 Å². The van der Waals surface area contributed by atoms with Gasteiger partial charge in [-0.2, -0.15) is 14.6 Å². The van der Waals surface area contributed by atoms with Crippen molar-refractivity contribution in [1.82, 2.24) is 19.6 Å². The fourth-order valence-corrected chi connectivity index (χ4v) is 2.86. The molecule has 1 aromatic carbocycles. The third kappa shape index (κ3) is 1.74. The van der Waals surface area contributed by atoms with Gasteiger partial charge in [-0.3, -0.25) is 0 Å². The normalized spacial score (nSPS) is 11.2. The van der Waals surface area contributed by atoms with E-state index in [0.29, 0.717) is 11.6 Å². The van der Waals surface area contributed by atoms with Crippen molar-refractivity contribution in [2.45, 2.75) is 27.7 Å². The Balaban J connectivity index is 0.00000161. The number of nitrogen functional groups attached to an aromatic ring is 1. The largest absolute Gasteiger partial charge is 0.383 e. The van der Waals surface area contributed by atoms with E-state index < -0.39 is 0 Å². The molecule has 5 heteroatoms. The van der Waals surface area contributed by atoms with Crippen LogP contribution in [-0.2, 0) is 0 Å². The summed E-state index contributed by atoms with van der Waals surface area (Å²) in [6.07, 6.45) is 1.47. The molecule has 0 aliphatic carbocycles. The minimum Gasteiger partial charge on any atom is -0.383 e. The molecule has 20 heavy (non-hydrogen) atoms. The lowest BCUT2D eigenvalue weighted by Gasteiger charge is -2.16. The van der Waals surface area contributed by atoms with Gasteiger partial charge in [-0.05, 0) is 44.4 Å². The maximum absolute atomic E-state index is 6.29. The van der Waals surface area contributed by atoms with Crippen molar-refractivity contribution in [2.24, 2.45) is 0 Å². The number of hydrogen-bond donors (Lipinski definition) is 1. The molecule has 5 nitrogen and oxygen atoms in total. The molecule has 2 N–H and O–H groups in total. The van der Waals surface area contributed by atoms with Gasteiger partial charge in [0.25, 0.3) is 5.78 Å². The highest BCUT2D eigenvalue weighted by Crippen LogP contribution is 2.34. The zero-order valence-electron chi connectivity index (χ0n) is 12.1. The van der Waals surface area contributed by atoms with Gasteiger partial charge in [-0.1, -0.05) is 17.7 Å². The lowest BCUT2D eigenvalue weighted by atomic mass is 9.93. The van der Waals surface area contributed by atoms with Crippen LogP contribution < -0.4 is 5.73 Å². The maximum atomic E-state index is 6.29. The van der Waals surface area contributed by atoms with E-state index in [4.69, 9.17) is 5.73 Å². The third-order valence-corrected chi connectivity index (χ3v) is 3.57. The van der Waals surface area contributed by atoms with E-state index in [9.17, 15) is 0 Å². The van der Waals surface area contributed by atoms with Gasteiger partial charge in [-0.15, -0.1) is 0 Å². The molecule has 0 bridgehead atoms. The van der Waals surface area contributed by atoms with Crippen LogP contribution in [0.1, 0.15) is 23.8 Å². The highest BCUT2D eigenvalue weighted by atomic mass is 15.3. The number of nitrogens with zero attached hydrogens (tertiary/aromatic N) is 4. The lowest BCUT2D eigenvalue weighted by molar-refractivity contribution is 0.943. The molecule has 0 spiro atoms. The first-order valence-electron chi connectivity index (χ1n) is 6.53. The van der Waals surface area contributed by atoms with Gasteiger partial charge in [-0.25, -0.2) is 4.98 Å². The second-order valence-electron chi connectivity index (χ2n) is 5.20. The SMILES string of the molecule is Cc1cc(C)c(-c2c(C)nc3ncnn3c2N)c(C)c1.[2HH]. The minimum atomic E-state index is 0. The van der Waals surface area contributed by atoms with E-state index in [1.165, 1.54) is 23.0 Å². The van der Waals surface area contributed by atoms with Crippen LogP contribution in [-0.4, -0.2) is 19.6 Å². The molecular weight excluding hydrogens is 250 g/mol. The summed E-state index contributed by atoms with van der Waals surface area (Å²) in [5.74, 6) is 1.12. The van der Waals surface area contributed by atoms with E-state index >= 15 is 0 Å². The molecule has 0 saturated carbocycles. The summed E-state index contributed by atoms with van der Waals surface area (Å²) in [4.78, 5) is 8.58. The molecule has 0 unspecified atom stereocenters. The average Bonchev–Trinajstić information content (AvgIpc) is 2.80. The maximum Gasteiger partial charge on any atom is 0.254 e. The predicted molar refractivity (Wildman–Crippen MR) is 81.7 cm³/mol. The second-order valence-corrected chi connectivity index (χ2v) is 5.20. The Kier molecular flexibility index (Phi) is 2.71. The first-order valence-corrected chi connectivity index (χ1v) is 6.53. The van der Waals surface area contributed by atoms with Crippen molar-refractivity contribution in [2.75, 3.05) is 5.73 Å². The lowest BCUT2D eigenvalue weighted by Crippen LogP contribution is -2.07. The van der Waals surface area contributed by atoms with Crippen molar-refractivity contribution >= 4 is 11.6 Å². The number of aryl methyl sites for hydroxylation is 4. The topological polar surface area (TPSA) is 69.1 Å². The molecule has 0 aliphatic rings. The summed E-state index contributed by atoms with van der Waals surface area (Å²) in [5.41, 5.74) is 12.9. The van der Waals surface area contributed by atoms with Crippen LogP contribution in [0.4, 0.5) is 5.82 Å². The van der Waals surface area contributed by atoms with Crippen molar-refractivity contribution in [1.29, 1.82) is 0 Å². The van der Waals surface area contributed by atoms with Gasteiger partial charge in [0.15, 0.2) is 0 Å². The Morgan fingerprint density at radius 1 is 1.05 bits per heavy atom. The smallest absolute Gasteiger partial charge is 0.254 e. The molecular formula is C15H19N5. The first kappa shape index (κ1) is 12.6. The van der Waals surface area contributed by atoms with Gasteiger partial charge >= 0.3 is 0 Å². The average molecular weight is 270 g/mol. The summed E-state index contributed by atoms with van der Waals surface area (Å²) < 4.78 is 1.58. The van der Waals surface area contributed by atoms with Crippen LogP contribution in [0, 0.1) is 27.7 Å². The molecule has 0 atom stereocenters. The number of fused-ring (bicyclic) bond motifs is 1. The molecule has 2 heterocycles. The summed E-state index contributed by atoms with van der Waals surface area (Å²) >= 11 is 0. The van der Waals surface area contributed by atoms with Crippen LogP contribution >= 0.6 is 0 Å². The summed E-state index contributed by atoms with van der Waals surface area (Å²) in [6, 6.07) is 4.32. The number of benzene rings is 1. The molecule has 2 aromatic heterocycles. The van der Waals surface area contributed by atoms with Crippen LogP contribution in [0.15, 0.2) is 18.5 Å². The fraction of sp³-hybridized carbons (Fsp3) is 0.267. The van der Waals surface area contributed by atoms with Crippen LogP contribution in [0.3, 0.4) is 0 Å². The zero-order chi connectivity index (χ0) is 14.4. The summed E-state index contributed by atoms with van der Waals surface area (Å²) in [7, 11) is 0. The summed E-state index contributed by atoms with van der Waals surface area (Å²) in [5, 5.41) is 4.14. The minimum absolute atomic E-state index is 0. The molecule has 0 radical (unpaired) electrons. The molecule has 3 aromatic rings. The highest BCUT2D eigenvalue weighted by Gasteiger charge is 2.17. The van der Waals surface area contributed by atoms with Gasteiger partial charge in [0.1, 0.15) is 12.1 Å². The number of hydrogen-bond acceptors (Lipinski definition) is 4. The number of nitrogens with two attached hydrogens (primary N) is 1. The monoisotopic (exact) mass is 270 g/mol. The van der Waals surface area contributed by atoms with Crippen molar-refractivity contribution in [3.8, 4) is 11.1 Å². The van der Waals surface area contributed by atoms with Crippen LogP contribution in [0.5, 0.6) is 0 Å². The fourth-order valence-electron chi connectivity index (χ4n) is 2.86. The van der Waals surface area contributed by atoms with E-state index in [1.807, 2.05) is 6.92 Å². The van der Waals surface area contributed by atoms with Gasteiger partial charge < -0.3 is 5.73 Å². The number of anilines is 1. The molecule has 0 amide bonds. The number of aromatic nitrogens is 4. The molecule has 104 valence electrons. The third-order valence-electron chi connectivity index (χ3n) is 3.57. The van der Waals surface area contributed by atoms with Gasteiger partial charge in [0.05, 0.1) is 5.69 Å². The van der Waals surface area contributed by atoms with Gasteiger partial charge in [0, 0.05) is 6.99 Å². The molecule has 0 aliphatic heterocycles. The standard InChI is InChI=1S/C15H17N5.H2/c1-8-5-9(2)12(10(3)6-8)13-11(4)19-15-17-7-18-20(15)14(13)16;/h5-7H,16H2,1-4H3;1H/i;1+1. The van der Waals surface area contributed by atoms with Crippen molar-refractivity contribution in [3.63, 3.8) is 0 Å². The second kappa shape index (κ2) is 4.30. The van der Waals surface area contributed by atoms with Gasteiger partial charge in [0.2, 0.25) is 0 Å². The Morgan fingerprint density at radius 2 is 1.70 bits per heavy atom. The van der Waals surface area contributed by atoms with E-state index in [1.54, 1.807) is 4.52 Å². The Hall–Kier alpha value is -2.43. The molecule has 0 saturated heterocycles. The molecule has 0 fully saturated rings. The van der Waals surface area contributed by atoms with Crippen LogP contribution in [0.25, 0.3) is 16.9 Å². The zero-order valence-corrected chi connectivity index (χ0v) is 12.1. The molecule has 3 rings (SSSR count). The predicted octanol–water partition coefficient (Wildman–Crippen LogP) is 2.85. The van der Waals surface area contributed by atoms with E-state index in [-0.39, 0.29) is 1.43 Å². The Labute approximate surface area is 119 Å². The number of rotatable bonds is 1. The van der Waals surface area contributed by atoms with Crippen LogP contribution in [0.2, 0.25) is 0 Å². The first-order chi connectivity index (χ1) is 9.49. The van der Waals surface area contributed by atoms with E-state index in [2.05, 4.69) is 48.0 Å².